The van der Waals surface area contributed by atoms with Gasteiger partial charge in [0.2, 0.25) is 0 Å². The predicted octanol–water partition coefficient (Wildman–Crippen LogP) is 3.01. The Kier molecular flexibility index (Phi) is 4.60. The lowest BCUT2D eigenvalue weighted by Crippen LogP contribution is -2.42. The van der Waals surface area contributed by atoms with Crippen molar-refractivity contribution < 1.29 is 14.3 Å². The van der Waals surface area contributed by atoms with Crippen LogP contribution in [-0.4, -0.2) is 41.0 Å². The van der Waals surface area contributed by atoms with E-state index in [1.165, 1.54) is 0 Å². The van der Waals surface area contributed by atoms with Crippen molar-refractivity contribution in [3.63, 3.8) is 0 Å². The van der Waals surface area contributed by atoms with Gasteiger partial charge in [-0.15, -0.1) is 0 Å². The van der Waals surface area contributed by atoms with Gasteiger partial charge in [0, 0.05) is 37.0 Å². The maximum Gasteiger partial charge on any atom is 0.410 e. The first kappa shape index (κ1) is 15.5. The topological polar surface area (TPSA) is 59.5 Å². The summed E-state index contributed by atoms with van der Waals surface area (Å²) in [5.41, 5.74) is 1.08. The molecule has 5 nitrogen and oxygen atoms in total. The third-order valence-corrected chi connectivity index (χ3v) is 3.53. The Hall–Kier alpha value is -1.91. The van der Waals surface area contributed by atoms with E-state index in [4.69, 9.17) is 4.74 Å². The van der Waals surface area contributed by atoms with Crippen molar-refractivity contribution in [3.8, 4) is 0 Å². The first-order valence-corrected chi connectivity index (χ1v) is 7.28. The summed E-state index contributed by atoms with van der Waals surface area (Å²) in [5, 5.41) is 0. The highest BCUT2D eigenvalue weighted by molar-refractivity contribution is 5.77. The average Bonchev–Trinajstić information content (AvgIpc) is 2.45. The van der Waals surface area contributed by atoms with Crippen LogP contribution < -0.4 is 0 Å². The lowest BCUT2D eigenvalue weighted by molar-refractivity contribution is 0.0198. The molecule has 1 aliphatic heterocycles. The fourth-order valence-electron chi connectivity index (χ4n) is 2.61. The standard InChI is InChI=1S/C16H22N2O3/c1-16(2,3)21-15(20)18-8-4-5-12(10-18)14-6-7-17-9-13(14)11-19/h6-7,9,11-12H,4-5,8,10H2,1-3H3. The van der Waals surface area contributed by atoms with Gasteiger partial charge in [0.05, 0.1) is 0 Å². The van der Waals surface area contributed by atoms with Gasteiger partial charge in [0.1, 0.15) is 5.60 Å². The highest BCUT2D eigenvalue weighted by Crippen LogP contribution is 2.29. The number of hydrogen-bond acceptors (Lipinski definition) is 4. The molecule has 0 N–H and O–H groups in total. The van der Waals surface area contributed by atoms with Gasteiger partial charge in [0.15, 0.2) is 6.29 Å². The number of aldehydes is 1. The number of likely N-dealkylation sites (tertiary alicyclic amines) is 1. The smallest absolute Gasteiger partial charge is 0.410 e. The van der Waals surface area contributed by atoms with Crippen LogP contribution in [0.25, 0.3) is 0 Å². The Balaban J connectivity index is 2.10. The van der Waals surface area contributed by atoms with Crippen LogP contribution in [0.1, 0.15) is 55.5 Å². The first-order valence-electron chi connectivity index (χ1n) is 7.28. The Labute approximate surface area is 125 Å². The minimum atomic E-state index is -0.491. The van der Waals surface area contributed by atoms with Crippen molar-refractivity contribution in [1.82, 2.24) is 9.88 Å². The summed E-state index contributed by atoms with van der Waals surface area (Å²) < 4.78 is 5.42. The van der Waals surface area contributed by atoms with E-state index in [0.717, 1.165) is 24.7 Å². The number of carbonyl (C=O) groups excluding carboxylic acids is 2. The van der Waals surface area contributed by atoms with E-state index in [2.05, 4.69) is 4.98 Å². The van der Waals surface area contributed by atoms with Crippen LogP contribution >= 0.6 is 0 Å². The number of hydrogen-bond donors (Lipinski definition) is 0. The van der Waals surface area contributed by atoms with E-state index in [-0.39, 0.29) is 12.0 Å². The molecule has 0 aromatic carbocycles. The molecule has 1 aromatic heterocycles. The van der Waals surface area contributed by atoms with Crippen molar-refractivity contribution in [2.75, 3.05) is 13.1 Å². The summed E-state index contributed by atoms with van der Waals surface area (Å²) in [4.78, 5) is 29.0. The molecule has 1 saturated heterocycles. The number of rotatable bonds is 2. The van der Waals surface area contributed by atoms with Gasteiger partial charge in [-0.3, -0.25) is 9.78 Å². The van der Waals surface area contributed by atoms with E-state index in [1.807, 2.05) is 26.8 Å². The van der Waals surface area contributed by atoms with Gasteiger partial charge >= 0.3 is 6.09 Å². The van der Waals surface area contributed by atoms with Crippen LogP contribution in [0.15, 0.2) is 18.5 Å². The first-order chi connectivity index (χ1) is 9.90. The summed E-state index contributed by atoms with van der Waals surface area (Å²) in [7, 11) is 0. The number of amides is 1. The fraction of sp³-hybridized carbons (Fsp3) is 0.562. The maximum absolute atomic E-state index is 12.2. The SMILES string of the molecule is CC(C)(C)OC(=O)N1CCCC(c2ccncc2C=O)C1. The number of ether oxygens (including phenoxy) is 1. The van der Waals surface area contributed by atoms with Crippen LogP contribution in [0.4, 0.5) is 4.79 Å². The van der Waals surface area contributed by atoms with E-state index in [1.54, 1.807) is 17.3 Å². The molecule has 1 unspecified atom stereocenters. The van der Waals surface area contributed by atoms with Gasteiger partial charge in [-0.05, 0) is 45.2 Å². The van der Waals surface area contributed by atoms with E-state index < -0.39 is 5.60 Å². The third-order valence-electron chi connectivity index (χ3n) is 3.53. The maximum atomic E-state index is 12.2. The summed E-state index contributed by atoms with van der Waals surface area (Å²) in [6.45, 7) is 6.87. The second kappa shape index (κ2) is 6.24. The summed E-state index contributed by atoms with van der Waals surface area (Å²) >= 11 is 0. The monoisotopic (exact) mass is 290 g/mol. The Morgan fingerprint density at radius 1 is 1.48 bits per heavy atom. The molecule has 0 aliphatic carbocycles. The molecular weight excluding hydrogens is 268 g/mol. The zero-order valence-corrected chi connectivity index (χ0v) is 12.8. The van der Waals surface area contributed by atoms with Gasteiger partial charge in [-0.1, -0.05) is 0 Å². The minimum absolute atomic E-state index is 0.162. The largest absolute Gasteiger partial charge is 0.444 e. The average molecular weight is 290 g/mol. The quantitative estimate of drug-likeness (QED) is 0.786. The predicted molar refractivity (Wildman–Crippen MR) is 79.4 cm³/mol. The lowest BCUT2D eigenvalue weighted by atomic mass is 9.89. The molecular formula is C16H22N2O3. The molecule has 1 amide bonds. The summed E-state index contributed by atoms with van der Waals surface area (Å²) in [6, 6.07) is 1.87. The van der Waals surface area contributed by atoms with Gasteiger partial charge in [-0.2, -0.15) is 0 Å². The van der Waals surface area contributed by atoms with Crippen LogP contribution in [0.3, 0.4) is 0 Å². The fourth-order valence-corrected chi connectivity index (χ4v) is 2.61. The van der Waals surface area contributed by atoms with Crippen LogP contribution in [-0.2, 0) is 4.74 Å². The number of piperidine rings is 1. The molecule has 1 atom stereocenters. The van der Waals surface area contributed by atoms with Gasteiger partial charge < -0.3 is 9.64 Å². The second-order valence-electron chi connectivity index (χ2n) is 6.39. The van der Waals surface area contributed by atoms with E-state index in [0.29, 0.717) is 18.7 Å². The molecule has 5 heteroatoms. The molecule has 114 valence electrons. The van der Waals surface area contributed by atoms with Crippen molar-refractivity contribution in [2.45, 2.75) is 45.1 Å². The number of pyridine rings is 1. The molecule has 0 spiro atoms. The molecule has 0 saturated carbocycles. The molecule has 0 radical (unpaired) electrons. The lowest BCUT2D eigenvalue weighted by Gasteiger charge is -2.34. The van der Waals surface area contributed by atoms with Crippen molar-refractivity contribution in [1.29, 1.82) is 0 Å². The highest BCUT2D eigenvalue weighted by atomic mass is 16.6. The van der Waals surface area contributed by atoms with E-state index in [9.17, 15) is 9.59 Å². The Morgan fingerprint density at radius 2 is 2.24 bits per heavy atom. The van der Waals surface area contributed by atoms with Crippen LogP contribution in [0, 0.1) is 0 Å². The number of nitrogens with zero attached hydrogens (tertiary/aromatic N) is 2. The van der Waals surface area contributed by atoms with Crippen LogP contribution in [0.5, 0.6) is 0 Å². The van der Waals surface area contributed by atoms with Crippen molar-refractivity contribution >= 4 is 12.4 Å². The molecule has 21 heavy (non-hydrogen) atoms. The zero-order valence-electron chi connectivity index (χ0n) is 12.8. The number of aromatic nitrogens is 1. The Morgan fingerprint density at radius 3 is 2.90 bits per heavy atom. The highest BCUT2D eigenvalue weighted by Gasteiger charge is 2.29. The van der Waals surface area contributed by atoms with Crippen LogP contribution in [0.2, 0.25) is 0 Å². The zero-order chi connectivity index (χ0) is 15.5. The molecule has 2 rings (SSSR count). The molecule has 1 fully saturated rings. The van der Waals surface area contributed by atoms with Gasteiger partial charge in [-0.25, -0.2) is 4.79 Å². The van der Waals surface area contributed by atoms with Crippen molar-refractivity contribution in [3.05, 3.63) is 29.6 Å². The molecule has 2 heterocycles. The summed E-state index contributed by atoms with van der Waals surface area (Å²) in [5.74, 6) is 0.162. The Bertz CT molecular complexity index is 522. The molecule has 1 aromatic rings. The summed E-state index contributed by atoms with van der Waals surface area (Å²) in [6.07, 6.45) is 5.68. The number of carbonyl (C=O) groups is 2. The minimum Gasteiger partial charge on any atom is -0.444 e. The molecule has 0 bridgehead atoms. The van der Waals surface area contributed by atoms with Gasteiger partial charge in [0.25, 0.3) is 0 Å². The van der Waals surface area contributed by atoms with Crippen molar-refractivity contribution in [2.24, 2.45) is 0 Å². The van der Waals surface area contributed by atoms with E-state index >= 15 is 0 Å². The normalized spacial score (nSPS) is 19.2. The second-order valence-corrected chi connectivity index (χ2v) is 6.39. The third kappa shape index (κ3) is 4.03. The molecule has 1 aliphatic rings.